The normalized spacial score (nSPS) is 10.5. The molecule has 1 N–H and O–H groups in total. The highest BCUT2D eigenvalue weighted by molar-refractivity contribution is 9.10. The van der Waals surface area contributed by atoms with Crippen molar-refractivity contribution in [2.75, 3.05) is 12.4 Å². The van der Waals surface area contributed by atoms with Crippen LogP contribution in [0.3, 0.4) is 0 Å². The summed E-state index contributed by atoms with van der Waals surface area (Å²) in [5.74, 6) is 0.800. The van der Waals surface area contributed by atoms with Crippen LogP contribution in [0.5, 0.6) is 0 Å². The summed E-state index contributed by atoms with van der Waals surface area (Å²) in [6.45, 7) is 0. The minimum absolute atomic E-state index is 0.709. The fourth-order valence-electron chi connectivity index (χ4n) is 1.41. The molecule has 0 aliphatic carbocycles. The quantitative estimate of drug-likeness (QED) is 0.855. The molecule has 0 spiro atoms. The molecule has 1 aromatic heterocycles. The van der Waals surface area contributed by atoms with Crippen molar-refractivity contribution in [3.8, 4) is 0 Å². The molecule has 0 aliphatic rings. The van der Waals surface area contributed by atoms with Crippen LogP contribution >= 0.6 is 27.5 Å². The first-order valence-corrected chi connectivity index (χ1v) is 5.31. The van der Waals surface area contributed by atoms with Crippen molar-refractivity contribution in [3.05, 3.63) is 33.9 Å². The molecule has 0 atom stereocenters. The molecule has 4 heteroatoms. The zero-order valence-electron chi connectivity index (χ0n) is 7.51. The van der Waals surface area contributed by atoms with E-state index in [2.05, 4.69) is 26.2 Å². The maximum Gasteiger partial charge on any atom is 0.135 e. The lowest BCUT2D eigenvalue weighted by Gasteiger charge is -2.07. The lowest BCUT2D eigenvalue weighted by Crippen LogP contribution is -1.93. The van der Waals surface area contributed by atoms with E-state index in [1.54, 1.807) is 6.20 Å². The number of aromatic nitrogens is 1. The van der Waals surface area contributed by atoms with Crippen LogP contribution in [0.1, 0.15) is 0 Å². The Bertz CT molecular complexity index is 485. The fourth-order valence-corrected chi connectivity index (χ4v) is 2.13. The second kappa shape index (κ2) is 3.75. The van der Waals surface area contributed by atoms with Crippen LogP contribution in [0.15, 0.2) is 28.9 Å². The molecule has 0 unspecified atom stereocenters. The maximum absolute atomic E-state index is 6.11. The zero-order valence-corrected chi connectivity index (χ0v) is 9.85. The first kappa shape index (κ1) is 9.74. The summed E-state index contributed by atoms with van der Waals surface area (Å²) < 4.78 is 1.02. The van der Waals surface area contributed by atoms with Gasteiger partial charge in [0.15, 0.2) is 0 Å². The largest absolute Gasteiger partial charge is 0.373 e. The molecule has 14 heavy (non-hydrogen) atoms. The van der Waals surface area contributed by atoms with Gasteiger partial charge in [-0.3, -0.25) is 0 Å². The number of pyridine rings is 1. The molecule has 0 radical (unpaired) electrons. The van der Waals surface area contributed by atoms with Crippen LogP contribution in [-0.4, -0.2) is 12.0 Å². The van der Waals surface area contributed by atoms with Crippen LogP contribution in [0.25, 0.3) is 10.8 Å². The second-order valence-electron chi connectivity index (χ2n) is 2.86. The van der Waals surface area contributed by atoms with Gasteiger partial charge < -0.3 is 5.32 Å². The molecule has 0 fully saturated rings. The van der Waals surface area contributed by atoms with Crippen molar-refractivity contribution < 1.29 is 0 Å². The summed E-state index contributed by atoms with van der Waals surface area (Å²) in [5.41, 5.74) is 0. The maximum atomic E-state index is 6.11. The van der Waals surface area contributed by atoms with E-state index in [0.29, 0.717) is 5.02 Å². The van der Waals surface area contributed by atoms with Gasteiger partial charge in [-0.2, -0.15) is 0 Å². The number of hydrogen-bond donors (Lipinski definition) is 1. The number of hydrogen-bond acceptors (Lipinski definition) is 2. The highest BCUT2D eigenvalue weighted by Gasteiger charge is 2.07. The third kappa shape index (κ3) is 1.47. The molecular formula is C10H8BrClN2. The van der Waals surface area contributed by atoms with Crippen LogP contribution in [-0.2, 0) is 0 Å². The van der Waals surface area contributed by atoms with Gasteiger partial charge in [-0.25, -0.2) is 4.98 Å². The smallest absolute Gasteiger partial charge is 0.135 e. The standard InChI is InChI=1S/C10H8BrClN2/c1-13-10-9-6(4-5-14-10)7(11)2-3-8(9)12/h2-5H,1H3,(H,13,14). The SMILES string of the molecule is CNc1nccc2c(Br)ccc(Cl)c12. The van der Waals surface area contributed by atoms with E-state index in [-0.39, 0.29) is 0 Å². The Labute approximate surface area is 95.4 Å². The molecule has 0 bridgehead atoms. The molecule has 1 heterocycles. The average molecular weight is 272 g/mol. The first-order chi connectivity index (χ1) is 6.74. The van der Waals surface area contributed by atoms with Gasteiger partial charge in [-0.05, 0) is 18.2 Å². The highest BCUT2D eigenvalue weighted by Crippen LogP contribution is 2.33. The zero-order chi connectivity index (χ0) is 10.1. The van der Waals surface area contributed by atoms with E-state index in [1.807, 2.05) is 25.2 Å². The van der Waals surface area contributed by atoms with Gasteiger partial charge in [0.1, 0.15) is 5.82 Å². The number of halogens is 2. The van der Waals surface area contributed by atoms with E-state index in [0.717, 1.165) is 21.1 Å². The van der Waals surface area contributed by atoms with Crippen molar-refractivity contribution in [1.82, 2.24) is 4.98 Å². The molecule has 72 valence electrons. The van der Waals surface area contributed by atoms with Crippen LogP contribution in [0, 0.1) is 0 Å². The summed E-state index contributed by atoms with van der Waals surface area (Å²) in [5, 5.41) is 5.75. The molecule has 0 aliphatic heterocycles. The Kier molecular flexibility index (Phi) is 2.61. The number of nitrogens with one attached hydrogen (secondary N) is 1. The molecule has 2 nitrogen and oxygen atoms in total. The van der Waals surface area contributed by atoms with Gasteiger partial charge in [-0.15, -0.1) is 0 Å². The Balaban J connectivity index is 2.92. The first-order valence-electron chi connectivity index (χ1n) is 4.14. The van der Waals surface area contributed by atoms with Gasteiger partial charge in [0.25, 0.3) is 0 Å². The average Bonchev–Trinajstić information content (AvgIpc) is 2.23. The molecule has 2 aromatic rings. The second-order valence-corrected chi connectivity index (χ2v) is 4.12. The number of anilines is 1. The third-order valence-electron chi connectivity index (χ3n) is 2.06. The summed E-state index contributed by atoms with van der Waals surface area (Å²) in [7, 11) is 1.83. The van der Waals surface area contributed by atoms with Gasteiger partial charge in [0.05, 0.1) is 5.02 Å². The van der Waals surface area contributed by atoms with E-state index in [1.165, 1.54) is 0 Å². The van der Waals surface area contributed by atoms with E-state index in [9.17, 15) is 0 Å². The van der Waals surface area contributed by atoms with Gasteiger partial charge in [0.2, 0.25) is 0 Å². The molecular weight excluding hydrogens is 263 g/mol. The summed E-state index contributed by atoms with van der Waals surface area (Å²) in [4.78, 5) is 4.21. The van der Waals surface area contributed by atoms with Crippen molar-refractivity contribution in [2.24, 2.45) is 0 Å². The van der Waals surface area contributed by atoms with Crippen molar-refractivity contribution >= 4 is 44.1 Å². The Hall–Kier alpha value is -0.800. The van der Waals surface area contributed by atoms with Crippen molar-refractivity contribution in [1.29, 1.82) is 0 Å². The monoisotopic (exact) mass is 270 g/mol. The van der Waals surface area contributed by atoms with Crippen molar-refractivity contribution in [3.63, 3.8) is 0 Å². The molecule has 0 saturated carbocycles. The van der Waals surface area contributed by atoms with Crippen molar-refractivity contribution in [2.45, 2.75) is 0 Å². The third-order valence-corrected chi connectivity index (χ3v) is 3.07. The predicted molar refractivity (Wildman–Crippen MR) is 64.0 cm³/mol. The lowest BCUT2D eigenvalue weighted by atomic mass is 10.1. The number of fused-ring (bicyclic) bond motifs is 1. The van der Waals surface area contributed by atoms with Crippen LogP contribution in [0.4, 0.5) is 5.82 Å². The van der Waals surface area contributed by atoms with E-state index < -0.39 is 0 Å². The van der Waals surface area contributed by atoms with E-state index >= 15 is 0 Å². The Morgan fingerprint density at radius 3 is 2.86 bits per heavy atom. The van der Waals surface area contributed by atoms with Gasteiger partial charge in [0, 0.05) is 28.5 Å². The summed E-state index contributed by atoms with van der Waals surface area (Å²) in [6.07, 6.45) is 1.76. The minimum atomic E-state index is 0.709. The molecule has 0 saturated heterocycles. The molecule has 1 aromatic carbocycles. The fraction of sp³-hybridized carbons (Fsp3) is 0.100. The molecule has 0 amide bonds. The minimum Gasteiger partial charge on any atom is -0.373 e. The molecule has 2 rings (SSSR count). The van der Waals surface area contributed by atoms with Crippen LogP contribution in [0.2, 0.25) is 5.02 Å². The number of rotatable bonds is 1. The number of benzene rings is 1. The Morgan fingerprint density at radius 2 is 2.14 bits per heavy atom. The lowest BCUT2D eigenvalue weighted by molar-refractivity contribution is 1.31. The predicted octanol–water partition coefficient (Wildman–Crippen LogP) is 3.69. The van der Waals surface area contributed by atoms with Crippen LogP contribution < -0.4 is 5.32 Å². The summed E-state index contributed by atoms with van der Waals surface area (Å²) in [6, 6.07) is 5.73. The highest BCUT2D eigenvalue weighted by atomic mass is 79.9. The number of nitrogens with zero attached hydrogens (tertiary/aromatic N) is 1. The van der Waals surface area contributed by atoms with E-state index in [4.69, 9.17) is 11.6 Å². The van der Waals surface area contributed by atoms with Gasteiger partial charge >= 0.3 is 0 Å². The van der Waals surface area contributed by atoms with Gasteiger partial charge in [-0.1, -0.05) is 27.5 Å². The Morgan fingerprint density at radius 1 is 1.36 bits per heavy atom. The summed E-state index contributed by atoms with van der Waals surface area (Å²) >= 11 is 9.59. The topological polar surface area (TPSA) is 24.9 Å².